The number of Topliss-reactive ketones (excluding diaryl/α,β-unsaturated/α-hetero) is 1. The van der Waals surface area contributed by atoms with E-state index in [-0.39, 0.29) is 6.67 Å². The number of para-hydroxylation sites is 1. The van der Waals surface area contributed by atoms with Gasteiger partial charge in [-0.15, -0.1) is 0 Å². The van der Waals surface area contributed by atoms with E-state index in [0.29, 0.717) is 17.8 Å². The fourth-order valence-corrected chi connectivity index (χ4v) is 3.38. The van der Waals surface area contributed by atoms with Gasteiger partial charge in [0, 0.05) is 12.2 Å². The highest BCUT2D eigenvalue weighted by atomic mass is 16.5. The van der Waals surface area contributed by atoms with E-state index in [1.54, 1.807) is 24.1 Å². The van der Waals surface area contributed by atoms with E-state index in [0.717, 1.165) is 17.0 Å². The molecule has 1 aliphatic heterocycles. The third-order valence-electron chi connectivity index (χ3n) is 4.84. The van der Waals surface area contributed by atoms with Crippen LogP contribution in [0, 0.1) is 0 Å². The molecule has 140 valence electrons. The number of methoxy groups -OCH3 is 1. The van der Waals surface area contributed by atoms with Gasteiger partial charge in [-0.25, -0.2) is 0 Å². The molecule has 3 aromatic carbocycles. The van der Waals surface area contributed by atoms with Crippen LogP contribution in [0.1, 0.15) is 15.9 Å². The second-order valence-electron chi connectivity index (χ2n) is 6.60. The molecule has 4 rings (SSSR count). The van der Waals surface area contributed by atoms with Crippen LogP contribution >= 0.6 is 0 Å². The molecule has 0 aromatic heterocycles. The van der Waals surface area contributed by atoms with Crippen LogP contribution in [0.3, 0.4) is 0 Å². The molecule has 1 amide bonds. The summed E-state index contributed by atoms with van der Waals surface area (Å²) in [6.07, 6.45) is 0. The van der Waals surface area contributed by atoms with E-state index in [1.807, 2.05) is 66.7 Å². The third kappa shape index (κ3) is 3.34. The quantitative estimate of drug-likeness (QED) is 0.616. The molecule has 0 radical (unpaired) electrons. The van der Waals surface area contributed by atoms with E-state index in [2.05, 4.69) is 4.90 Å². The van der Waals surface area contributed by atoms with Crippen molar-refractivity contribution in [2.24, 2.45) is 0 Å². The number of benzene rings is 3. The number of hydrogen-bond acceptors (Lipinski definition) is 4. The number of amides is 1. The molecule has 5 heteroatoms. The fraction of sp³-hybridized carbons (Fsp3) is 0.130. The molecule has 0 aliphatic carbocycles. The molecule has 0 unspecified atom stereocenters. The molecular formula is C23H20N2O3. The predicted molar refractivity (Wildman–Crippen MR) is 109 cm³/mol. The first-order valence-corrected chi connectivity index (χ1v) is 9.05. The van der Waals surface area contributed by atoms with E-state index in [4.69, 9.17) is 4.74 Å². The predicted octanol–water partition coefficient (Wildman–Crippen LogP) is 3.89. The summed E-state index contributed by atoms with van der Waals surface area (Å²) in [5, 5.41) is 0. The van der Waals surface area contributed by atoms with Gasteiger partial charge in [0.05, 0.1) is 25.0 Å². The maximum Gasteiger partial charge on any atom is 0.300 e. The van der Waals surface area contributed by atoms with Crippen molar-refractivity contribution in [2.45, 2.75) is 6.54 Å². The van der Waals surface area contributed by atoms with Gasteiger partial charge in [-0.2, -0.15) is 0 Å². The molecule has 0 bridgehead atoms. The van der Waals surface area contributed by atoms with Crippen LogP contribution < -0.4 is 14.5 Å². The minimum absolute atomic E-state index is 0.281. The van der Waals surface area contributed by atoms with Gasteiger partial charge >= 0.3 is 5.91 Å². The second kappa shape index (κ2) is 7.56. The lowest BCUT2D eigenvalue weighted by molar-refractivity contribution is -0.114. The number of anilines is 2. The molecule has 5 nitrogen and oxygen atoms in total. The van der Waals surface area contributed by atoms with Crippen molar-refractivity contribution in [1.82, 2.24) is 0 Å². The van der Waals surface area contributed by atoms with E-state index in [9.17, 15) is 9.59 Å². The van der Waals surface area contributed by atoms with Crippen molar-refractivity contribution in [1.29, 1.82) is 0 Å². The summed E-state index contributed by atoms with van der Waals surface area (Å²) < 4.78 is 5.25. The van der Waals surface area contributed by atoms with E-state index in [1.165, 1.54) is 0 Å². The molecule has 28 heavy (non-hydrogen) atoms. The molecule has 0 saturated heterocycles. The fourth-order valence-electron chi connectivity index (χ4n) is 3.38. The maximum atomic E-state index is 12.6. The Labute approximate surface area is 163 Å². The van der Waals surface area contributed by atoms with Crippen molar-refractivity contribution in [3.63, 3.8) is 0 Å². The van der Waals surface area contributed by atoms with Gasteiger partial charge in [-0.1, -0.05) is 42.5 Å². The number of carbonyl (C=O) groups is 2. The number of fused-ring (bicyclic) bond motifs is 1. The minimum Gasteiger partial charge on any atom is -0.497 e. The van der Waals surface area contributed by atoms with Crippen LogP contribution in [-0.2, 0) is 11.3 Å². The van der Waals surface area contributed by atoms with E-state index >= 15 is 0 Å². The van der Waals surface area contributed by atoms with Crippen molar-refractivity contribution in [2.75, 3.05) is 23.6 Å². The molecule has 1 heterocycles. The lowest BCUT2D eigenvalue weighted by Gasteiger charge is -2.30. The van der Waals surface area contributed by atoms with Crippen LogP contribution in [0.4, 0.5) is 11.4 Å². The molecule has 0 saturated carbocycles. The van der Waals surface area contributed by atoms with Gasteiger partial charge in [0.15, 0.2) is 0 Å². The average molecular weight is 372 g/mol. The monoisotopic (exact) mass is 372 g/mol. The third-order valence-corrected chi connectivity index (χ3v) is 4.84. The Hall–Kier alpha value is -3.60. The Morgan fingerprint density at radius 2 is 1.54 bits per heavy atom. The van der Waals surface area contributed by atoms with Crippen LogP contribution in [0.2, 0.25) is 0 Å². The van der Waals surface area contributed by atoms with Gasteiger partial charge in [0.25, 0.3) is 5.78 Å². The molecule has 1 aliphatic rings. The first kappa shape index (κ1) is 17.8. The van der Waals surface area contributed by atoms with Crippen LogP contribution in [-0.4, -0.2) is 25.5 Å². The van der Waals surface area contributed by atoms with E-state index < -0.39 is 11.7 Å². The molecule has 0 fully saturated rings. The number of hydrogen-bond donors (Lipinski definition) is 0. The lowest BCUT2D eigenvalue weighted by Crippen LogP contribution is -2.40. The SMILES string of the molecule is COc1ccc(N(Cc2ccccc2)CN2C(=O)C(=O)c3ccccc32)cc1. The molecular weight excluding hydrogens is 352 g/mol. The van der Waals surface area contributed by atoms with Crippen molar-refractivity contribution in [3.05, 3.63) is 90.0 Å². The molecule has 0 atom stereocenters. The summed E-state index contributed by atoms with van der Waals surface area (Å²) in [5.41, 5.74) is 3.17. The van der Waals surface area contributed by atoms with Gasteiger partial charge in [-0.3, -0.25) is 14.5 Å². The Balaban J connectivity index is 1.67. The zero-order valence-corrected chi connectivity index (χ0v) is 15.5. The highest BCUT2D eigenvalue weighted by Gasteiger charge is 2.36. The highest BCUT2D eigenvalue weighted by molar-refractivity contribution is 6.52. The van der Waals surface area contributed by atoms with Gasteiger partial charge in [-0.05, 0) is 42.0 Å². The zero-order valence-electron chi connectivity index (χ0n) is 15.5. The molecule has 3 aromatic rings. The summed E-state index contributed by atoms with van der Waals surface area (Å²) >= 11 is 0. The number of rotatable bonds is 6. The van der Waals surface area contributed by atoms with Crippen molar-refractivity contribution >= 4 is 23.1 Å². The number of ketones is 1. The number of nitrogens with zero attached hydrogens (tertiary/aromatic N) is 2. The largest absolute Gasteiger partial charge is 0.497 e. The van der Waals surface area contributed by atoms with Gasteiger partial charge in [0.2, 0.25) is 0 Å². The lowest BCUT2D eigenvalue weighted by atomic mass is 10.1. The normalized spacial score (nSPS) is 12.8. The van der Waals surface area contributed by atoms with Gasteiger partial charge in [0.1, 0.15) is 5.75 Å². The summed E-state index contributed by atoms with van der Waals surface area (Å²) in [7, 11) is 1.63. The second-order valence-corrected chi connectivity index (χ2v) is 6.60. The molecule has 0 spiro atoms. The minimum atomic E-state index is -0.493. The Bertz CT molecular complexity index is 1000. The Morgan fingerprint density at radius 3 is 2.25 bits per heavy atom. The van der Waals surface area contributed by atoms with Crippen molar-refractivity contribution in [3.8, 4) is 5.75 Å². The Morgan fingerprint density at radius 1 is 0.857 bits per heavy atom. The zero-order chi connectivity index (χ0) is 19.5. The first-order valence-electron chi connectivity index (χ1n) is 9.05. The summed E-state index contributed by atoms with van der Waals surface area (Å²) in [5.74, 6) is -0.182. The smallest absolute Gasteiger partial charge is 0.300 e. The molecule has 0 N–H and O–H groups in total. The first-order chi connectivity index (χ1) is 13.7. The maximum absolute atomic E-state index is 12.6. The number of ether oxygens (including phenoxy) is 1. The van der Waals surface area contributed by atoms with Gasteiger partial charge < -0.3 is 9.64 Å². The van der Waals surface area contributed by atoms with Crippen molar-refractivity contribution < 1.29 is 14.3 Å². The summed E-state index contributed by atoms with van der Waals surface area (Å²) in [6.45, 7) is 0.885. The summed E-state index contributed by atoms with van der Waals surface area (Å²) in [6, 6.07) is 24.8. The number of carbonyl (C=O) groups excluding carboxylic acids is 2. The van der Waals surface area contributed by atoms with Crippen LogP contribution in [0.15, 0.2) is 78.9 Å². The Kier molecular flexibility index (Phi) is 4.81. The van der Waals surface area contributed by atoms with Crippen LogP contribution in [0.5, 0.6) is 5.75 Å². The summed E-state index contributed by atoms with van der Waals surface area (Å²) in [4.78, 5) is 28.6. The standard InChI is InChI=1S/C23H20N2O3/c1-28-19-13-11-18(12-14-19)24(15-17-7-3-2-4-8-17)16-25-21-10-6-5-9-20(21)22(26)23(25)27/h2-14H,15-16H2,1H3. The average Bonchev–Trinajstić information content (AvgIpc) is 2.99. The topological polar surface area (TPSA) is 49.9 Å². The van der Waals surface area contributed by atoms with Crippen LogP contribution in [0.25, 0.3) is 0 Å². The highest BCUT2D eigenvalue weighted by Crippen LogP contribution is 2.30.